The van der Waals surface area contributed by atoms with Gasteiger partial charge in [0.25, 0.3) is 0 Å². The minimum Gasteiger partial charge on any atom is -0.479 e. The number of hydrogen-bond donors (Lipinski definition) is 2. The van der Waals surface area contributed by atoms with Crippen molar-refractivity contribution in [3.05, 3.63) is 64.7 Å². The van der Waals surface area contributed by atoms with Gasteiger partial charge in [0, 0.05) is 7.11 Å². The van der Waals surface area contributed by atoms with Gasteiger partial charge in [-0.2, -0.15) is 0 Å². The van der Waals surface area contributed by atoms with Gasteiger partial charge in [0.05, 0.1) is 17.3 Å². The van der Waals surface area contributed by atoms with E-state index in [-0.39, 0.29) is 0 Å². The van der Waals surface area contributed by atoms with Crippen LogP contribution in [0, 0.1) is 0 Å². The summed E-state index contributed by atoms with van der Waals surface area (Å²) in [5, 5.41) is 12.9. The fourth-order valence-corrected chi connectivity index (χ4v) is 2.24. The van der Waals surface area contributed by atoms with Gasteiger partial charge in [0.15, 0.2) is 6.04 Å². The first-order chi connectivity index (χ1) is 10.1. The molecule has 0 saturated heterocycles. The Hall–Kier alpha value is -2.04. The average molecular weight is 306 g/mol. The number of carboxylic acid groups (broad SMARTS) is 1. The van der Waals surface area contributed by atoms with Crippen molar-refractivity contribution in [2.45, 2.75) is 12.6 Å². The Bertz CT molecular complexity index is 630. The third-order valence-corrected chi connectivity index (χ3v) is 3.35. The van der Waals surface area contributed by atoms with Crippen molar-refractivity contribution in [3.8, 4) is 0 Å². The van der Waals surface area contributed by atoms with Gasteiger partial charge in [-0.15, -0.1) is 0 Å². The van der Waals surface area contributed by atoms with E-state index in [4.69, 9.17) is 16.3 Å². The lowest BCUT2D eigenvalue weighted by Gasteiger charge is -2.17. The van der Waals surface area contributed by atoms with Crippen molar-refractivity contribution in [2.75, 3.05) is 12.4 Å². The Morgan fingerprint density at radius 2 is 2.05 bits per heavy atom. The van der Waals surface area contributed by atoms with Crippen molar-refractivity contribution in [3.63, 3.8) is 0 Å². The minimum atomic E-state index is -0.968. The monoisotopic (exact) mass is 305 g/mol. The van der Waals surface area contributed by atoms with Crippen molar-refractivity contribution in [1.29, 1.82) is 0 Å². The van der Waals surface area contributed by atoms with Crippen LogP contribution < -0.4 is 5.32 Å². The lowest BCUT2D eigenvalue weighted by atomic mass is 10.0. The van der Waals surface area contributed by atoms with Gasteiger partial charge in [-0.05, 0) is 23.3 Å². The average Bonchev–Trinajstić information content (AvgIpc) is 2.46. The van der Waals surface area contributed by atoms with Gasteiger partial charge >= 0.3 is 5.97 Å². The molecule has 0 amide bonds. The molecule has 1 atom stereocenters. The molecule has 0 radical (unpaired) electrons. The summed E-state index contributed by atoms with van der Waals surface area (Å²) in [6.45, 7) is 0.437. The quantitative estimate of drug-likeness (QED) is 0.854. The number of aliphatic carboxylic acids is 1. The van der Waals surface area contributed by atoms with Crippen LogP contribution >= 0.6 is 11.6 Å². The molecular formula is C16H16ClNO3. The predicted molar refractivity (Wildman–Crippen MR) is 82.6 cm³/mol. The maximum Gasteiger partial charge on any atom is 0.330 e. The number of anilines is 1. The third kappa shape index (κ3) is 3.97. The molecule has 21 heavy (non-hydrogen) atoms. The summed E-state index contributed by atoms with van der Waals surface area (Å²) in [7, 11) is 1.60. The summed E-state index contributed by atoms with van der Waals surface area (Å²) >= 11 is 6.07. The first-order valence-electron chi connectivity index (χ1n) is 6.43. The number of para-hydroxylation sites is 1. The summed E-state index contributed by atoms with van der Waals surface area (Å²) in [6.07, 6.45) is 0. The molecule has 0 aromatic heterocycles. The number of hydrogen-bond acceptors (Lipinski definition) is 3. The number of benzene rings is 2. The number of halogens is 1. The van der Waals surface area contributed by atoms with Crippen molar-refractivity contribution in [2.24, 2.45) is 0 Å². The highest BCUT2D eigenvalue weighted by molar-refractivity contribution is 6.33. The van der Waals surface area contributed by atoms with Crippen LogP contribution in [-0.2, 0) is 16.1 Å². The van der Waals surface area contributed by atoms with Crippen LogP contribution in [0.3, 0.4) is 0 Å². The second-order valence-electron chi connectivity index (χ2n) is 4.57. The van der Waals surface area contributed by atoms with Gasteiger partial charge in [-0.25, -0.2) is 4.79 Å². The maximum atomic E-state index is 11.5. The van der Waals surface area contributed by atoms with Crippen molar-refractivity contribution >= 4 is 23.3 Å². The van der Waals surface area contributed by atoms with E-state index in [0.717, 1.165) is 5.56 Å². The van der Waals surface area contributed by atoms with Gasteiger partial charge in [0.1, 0.15) is 0 Å². The molecule has 0 aliphatic heterocycles. The second-order valence-corrected chi connectivity index (χ2v) is 4.98. The Morgan fingerprint density at radius 3 is 2.71 bits per heavy atom. The topological polar surface area (TPSA) is 58.6 Å². The summed E-state index contributed by atoms with van der Waals surface area (Å²) in [5.41, 5.74) is 2.16. The molecule has 0 fully saturated rings. The summed E-state index contributed by atoms with van der Waals surface area (Å²) < 4.78 is 5.07. The number of rotatable bonds is 6. The zero-order valence-electron chi connectivity index (χ0n) is 11.5. The summed E-state index contributed by atoms with van der Waals surface area (Å²) in [6, 6.07) is 13.5. The maximum absolute atomic E-state index is 11.5. The highest BCUT2D eigenvalue weighted by Gasteiger charge is 2.20. The van der Waals surface area contributed by atoms with E-state index in [1.165, 1.54) is 0 Å². The Balaban J connectivity index is 2.29. The molecular weight excluding hydrogens is 290 g/mol. The van der Waals surface area contributed by atoms with Crippen LogP contribution in [0.4, 0.5) is 5.69 Å². The van der Waals surface area contributed by atoms with Crippen LogP contribution in [0.1, 0.15) is 17.2 Å². The van der Waals surface area contributed by atoms with Crippen molar-refractivity contribution in [1.82, 2.24) is 0 Å². The standard InChI is InChI=1S/C16H16ClNO3/c1-21-10-11-5-4-6-12(9-11)15(16(19)20)18-14-8-3-2-7-13(14)17/h2-9,15,18H,10H2,1H3,(H,19,20). The molecule has 0 aliphatic rings. The van der Waals surface area contributed by atoms with Crippen LogP contribution in [-0.4, -0.2) is 18.2 Å². The van der Waals surface area contributed by atoms with E-state index in [1.807, 2.05) is 18.2 Å². The van der Waals surface area contributed by atoms with Gasteiger partial charge in [0.2, 0.25) is 0 Å². The smallest absolute Gasteiger partial charge is 0.330 e. The number of carbonyl (C=O) groups is 1. The number of ether oxygens (including phenoxy) is 1. The molecule has 2 N–H and O–H groups in total. The number of carboxylic acids is 1. The molecule has 4 nitrogen and oxygen atoms in total. The first-order valence-corrected chi connectivity index (χ1v) is 6.81. The highest BCUT2D eigenvalue weighted by Crippen LogP contribution is 2.26. The van der Waals surface area contributed by atoms with Gasteiger partial charge in [-0.3, -0.25) is 0 Å². The molecule has 2 aromatic carbocycles. The predicted octanol–water partition coefficient (Wildman–Crippen LogP) is 3.72. The molecule has 0 heterocycles. The molecule has 0 aliphatic carbocycles. The van der Waals surface area contributed by atoms with E-state index < -0.39 is 12.0 Å². The van der Waals surface area contributed by atoms with Crippen LogP contribution in [0.25, 0.3) is 0 Å². The normalized spacial score (nSPS) is 11.9. The lowest BCUT2D eigenvalue weighted by molar-refractivity contribution is -0.138. The van der Waals surface area contributed by atoms with Crippen LogP contribution in [0.5, 0.6) is 0 Å². The molecule has 0 spiro atoms. The molecule has 5 heteroatoms. The van der Waals surface area contributed by atoms with E-state index in [2.05, 4.69) is 5.32 Å². The fraction of sp³-hybridized carbons (Fsp3) is 0.188. The van der Waals surface area contributed by atoms with Gasteiger partial charge in [-0.1, -0.05) is 48.0 Å². The SMILES string of the molecule is COCc1cccc(C(Nc2ccccc2Cl)C(=O)O)c1. The first kappa shape index (κ1) is 15.4. The zero-order chi connectivity index (χ0) is 15.2. The molecule has 2 rings (SSSR count). The Labute approximate surface area is 128 Å². The molecule has 0 bridgehead atoms. The lowest BCUT2D eigenvalue weighted by Crippen LogP contribution is -2.20. The van der Waals surface area contributed by atoms with Crippen LogP contribution in [0.15, 0.2) is 48.5 Å². The third-order valence-electron chi connectivity index (χ3n) is 3.02. The van der Waals surface area contributed by atoms with E-state index in [0.29, 0.717) is 22.9 Å². The van der Waals surface area contributed by atoms with E-state index in [1.54, 1.807) is 37.4 Å². The largest absolute Gasteiger partial charge is 0.479 e. The summed E-state index contributed by atoms with van der Waals surface area (Å²) in [5.74, 6) is -0.968. The van der Waals surface area contributed by atoms with Crippen molar-refractivity contribution < 1.29 is 14.6 Å². The number of nitrogens with one attached hydrogen (secondary N) is 1. The van der Waals surface area contributed by atoms with Gasteiger partial charge < -0.3 is 15.2 Å². The second kappa shape index (κ2) is 7.11. The van der Waals surface area contributed by atoms with E-state index >= 15 is 0 Å². The van der Waals surface area contributed by atoms with Crippen LogP contribution in [0.2, 0.25) is 5.02 Å². The summed E-state index contributed by atoms with van der Waals surface area (Å²) in [4.78, 5) is 11.5. The highest BCUT2D eigenvalue weighted by atomic mass is 35.5. The Kier molecular flexibility index (Phi) is 5.20. The number of methoxy groups -OCH3 is 1. The molecule has 0 saturated carbocycles. The Morgan fingerprint density at radius 1 is 1.29 bits per heavy atom. The zero-order valence-corrected chi connectivity index (χ0v) is 12.3. The fourth-order valence-electron chi connectivity index (χ4n) is 2.05. The van der Waals surface area contributed by atoms with E-state index in [9.17, 15) is 9.90 Å². The molecule has 110 valence electrons. The molecule has 2 aromatic rings. The minimum absolute atomic E-state index is 0.437. The molecule has 1 unspecified atom stereocenters.